The van der Waals surface area contributed by atoms with Crippen molar-refractivity contribution in [3.8, 4) is 10.4 Å². The fraction of sp³-hybridized carbons (Fsp3) is 0.360. The SMILES string of the molecule is Cc1ccc([C@@H]2O[C@H](CO)[C@@H](O)[C@H](O)[C@H]2O)cc1Cc1ccc(-c2ccc(C(F)F)cc2)s1. The van der Waals surface area contributed by atoms with Gasteiger partial charge in [0, 0.05) is 21.7 Å². The Balaban J connectivity index is 1.54. The second-order valence-electron chi connectivity index (χ2n) is 8.30. The highest BCUT2D eigenvalue weighted by Gasteiger charge is 2.43. The van der Waals surface area contributed by atoms with Gasteiger partial charge >= 0.3 is 0 Å². The number of benzene rings is 2. The van der Waals surface area contributed by atoms with Crippen molar-refractivity contribution in [2.75, 3.05) is 6.61 Å². The molecular weight excluding hydrogens is 450 g/mol. The van der Waals surface area contributed by atoms with Crippen LogP contribution in [0.2, 0.25) is 0 Å². The molecule has 1 aliphatic heterocycles. The number of thiophene rings is 1. The molecule has 1 aliphatic rings. The van der Waals surface area contributed by atoms with E-state index in [0.29, 0.717) is 12.0 Å². The lowest BCUT2D eigenvalue weighted by atomic mass is 9.89. The van der Waals surface area contributed by atoms with Crippen LogP contribution in [-0.2, 0) is 11.2 Å². The fourth-order valence-corrected chi connectivity index (χ4v) is 5.08. The lowest BCUT2D eigenvalue weighted by Gasteiger charge is -2.40. The highest BCUT2D eigenvalue weighted by Crippen LogP contribution is 2.35. The molecule has 33 heavy (non-hydrogen) atoms. The minimum atomic E-state index is -2.49. The van der Waals surface area contributed by atoms with Gasteiger partial charge in [0.1, 0.15) is 30.5 Å². The van der Waals surface area contributed by atoms with Gasteiger partial charge < -0.3 is 25.2 Å². The summed E-state index contributed by atoms with van der Waals surface area (Å²) < 4.78 is 31.3. The molecule has 2 heterocycles. The normalized spacial score (nSPS) is 25.5. The third-order valence-electron chi connectivity index (χ3n) is 6.07. The number of halogens is 2. The van der Waals surface area contributed by atoms with Gasteiger partial charge in [0.15, 0.2) is 0 Å². The Morgan fingerprint density at radius 3 is 2.33 bits per heavy atom. The molecule has 176 valence electrons. The highest BCUT2D eigenvalue weighted by atomic mass is 32.1. The van der Waals surface area contributed by atoms with Crippen molar-refractivity contribution in [3.63, 3.8) is 0 Å². The predicted octanol–water partition coefficient (Wildman–Crippen LogP) is 3.77. The summed E-state index contributed by atoms with van der Waals surface area (Å²) in [7, 11) is 0. The Labute approximate surface area is 194 Å². The summed E-state index contributed by atoms with van der Waals surface area (Å²) in [6.45, 7) is 1.50. The van der Waals surface area contributed by atoms with Crippen LogP contribution in [0.25, 0.3) is 10.4 Å². The number of rotatable bonds is 6. The maximum absolute atomic E-state index is 12.8. The largest absolute Gasteiger partial charge is 0.394 e. The summed E-state index contributed by atoms with van der Waals surface area (Å²) >= 11 is 1.58. The van der Waals surface area contributed by atoms with Crippen molar-refractivity contribution < 1.29 is 33.9 Å². The van der Waals surface area contributed by atoms with Crippen molar-refractivity contribution in [3.05, 3.63) is 81.7 Å². The average Bonchev–Trinajstić information content (AvgIpc) is 3.28. The van der Waals surface area contributed by atoms with Crippen molar-refractivity contribution in [2.24, 2.45) is 0 Å². The van der Waals surface area contributed by atoms with Gasteiger partial charge in [-0.1, -0.05) is 42.5 Å². The van der Waals surface area contributed by atoms with Crippen LogP contribution < -0.4 is 0 Å². The quantitative estimate of drug-likeness (QED) is 0.435. The Bertz CT molecular complexity index is 1080. The lowest BCUT2D eigenvalue weighted by molar-refractivity contribution is -0.231. The van der Waals surface area contributed by atoms with Gasteiger partial charge in [0.25, 0.3) is 6.43 Å². The van der Waals surface area contributed by atoms with Crippen LogP contribution >= 0.6 is 11.3 Å². The van der Waals surface area contributed by atoms with E-state index in [9.17, 15) is 29.2 Å². The van der Waals surface area contributed by atoms with Crippen molar-refractivity contribution in [1.82, 2.24) is 0 Å². The summed E-state index contributed by atoms with van der Waals surface area (Å²) in [4.78, 5) is 2.06. The summed E-state index contributed by atoms with van der Waals surface area (Å²) in [5.74, 6) is 0. The van der Waals surface area contributed by atoms with Gasteiger partial charge in [-0.3, -0.25) is 0 Å². The molecule has 0 bridgehead atoms. The number of aliphatic hydroxyl groups excluding tert-OH is 4. The predicted molar refractivity (Wildman–Crippen MR) is 121 cm³/mol. The molecule has 0 spiro atoms. The van der Waals surface area contributed by atoms with E-state index in [1.54, 1.807) is 29.5 Å². The first-order valence-corrected chi connectivity index (χ1v) is 11.5. The van der Waals surface area contributed by atoms with E-state index >= 15 is 0 Å². The lowest BCUT2D eigenvalue weighted by Crippen LogP contribution is -2.55. The molecule has 3 aromatic rings. The number of aliphatic hydroxyl groups is 4. The van der Waals surface area contributed by atoms with Gasteiger partial charge in [0.2, 0.25) is 0 Å². The van der Waals surface area contributed by atoms with Gasteiger partial charge in [-0.05, 0) is 41.3 Å². The molecule has 2 aromatic carbocycles. The van der Waals surface area contributed by atoms with E-state index < -0.39 is 43.6 Å². The summed E-state index contributed by atoms with van der Waals surface area (Å²) in [5, 5.41) is 40.0. The molecule has 4 rings (SSSR count). The molecule has 1 fully saturated rings. The van der Waals surface area contributed by atoms with Gasteiger partial charge in [-0.15, -0.1) is 11.3 Å². The molecule has 5 atom stereocenters. The summed E-state index contributed by atoms with van der Waals surface area (Å²) in [6, 6.07) is 15.8. The van der Waals surface area contributed by atoms with Crippen molar-refractivity contribution >= 4 is 11.3 Å². The number of aryl methyl sites for hydroxylation is 1. The highest BCUT2D eigenvalue weighted by molar-refractivity contribution is 7.15. The van der Waals surface area contributed by atoms with E-state index in [2.05, 4.69) is 0 Å². The smallest absolute Gasteiger partial charge is 0.263 e. The number of hydrogen-bond acceptors (Lipinski definition) is 6. The van der Waals surface area contributed by atoms with Crippen LogP contribution in [0, 0.1) is 6.92 Å². The number of alkyl halides is 2. The molecule has 0 radical (unpaired) electrons. The molecule has 0 unspecified atom stereocenters. The van der Waals surface area contributed by atoms with Crippen LogP contribution in [0.5, 0.6) is 0 Å². The Morgan fingerprint density at radius 2 is 1.67 bits per heavy atom. The van der Waals surface area contributed by atoms with Crippen molar-refractivity contribution in [1.29, 1.82) is 0 Å². The van der Waals surface area contributed by atoms with E-state index in [-0.39, 0.29) is 5.56 Å². The third kappa shape index (κ3) is 5.01. The first-order chi connectivity index (χ1) is 15.8. The maximum atomic E-state index is 12.8. The molecular formula is C25H26F2O5S. The van der Waals surface area contributed by atoms with E-state index in [4.69, 9.17) is 4.74 Å². The number of ether oxygens (including phenoxy) is 1. The zero-order valence-electron chi connectivity index (χ0n) is 17.9. The topological polar surface area (TPSA) is 90.2 Å². The van der Waals surface area contributed by atoms with E-state index in [1.165, 1.54) is 12.1 Å². The third-order valence-corrected chi connectivity index (χ3v) is 7.20. The van der Waals surface area contributed by atoms with Crippen LogP contribution in [0.1, 0.15) is 39.7 Å². The van der Waals surface area contributed by atoms with Gasteiger partial charge in [-0.2, -0.15) is 0 Å². The van der Waals surface area contributed by atoms with Crippen molar-refractivity contribution in [2.45, 2.75) is 50.3 Å². The maximum Gasteiger partial charge on any atom is 0.263 e. The Morgan fingerprint density at radius 1 is 0.939 bits per heavy atom. The zero-order chi connectivity index (χ0) is 23.7. The average molecular weight is 477 g/mol. The van der Waals surface area contributed by atoms with E-state index in [0.717, 1.165) is 26.4 Å². The monoisotopic (exact) mass is 476 g/mol. The van der Waals surface area contributed by atoms with Gasteiger partial charge in [-0.25, -0.2) is 8.78 Å². The number of hydrogen-bond donors (Lipinski definition) is 4. The molecule has 0 saturated carbocycles. The van der Waals surface area contributed by atoms with Crippen LogP contribution in [-0.4, -0.2) is 51.4 Å². The fourth-order valence-electron chi connectivity index (χ4n) is 4.04. The molecule has 5 nitrogen and oxygen atoms in total. The molecule has 1 aromatic heterocycles. The summed E-state index contributed by atoms with van der Waals surface area (Å²) in [5.41, 5.74) is 3.57. The zero-order valence-corrected chi connectivity index (χ0v) is 18.8. The first-order valence-electron chi connectivity index (χ1n) is 10.7. The van der Waals surface area contributed by atoms with Crippen LogP contribution in [0.3, 0.4) is 0 Å². The Hall–Kier alpha value is -2.20. The summed E-state index contributed by atoms with van der Waals surface area (Å²) in [6.07, 6.45) is -7.87. The standard InChI is InChI=1S/C25H26F2O5S/c1-13-2-3-16(24-23(31)22(30)21(29)19(12-28)32-24)10-17(13)11-18-8-9-20(33-18)14-4-6-15(7-5-14)25(26)27/h2-10,19,21-25,28-31H,11-12H2,1H3/t19-,21-,22+,23-,24+/m1/s1. The second kappa shape index (κ2) is 9.97. The first kappa shape index (κ1) is 23.9. The second-order valence-corrected chi connectivity index (χ2v) is 9.47. The van der Waals surface area contributed by atoms with Gasteiger partial charge in [0.05, 0.1) is 6.61 Å². The van der Waals surface area contributed by atoms with Crippen LogP contribution in [0.4, 0.5) is 8.78 Å². The minimum absolute atomic E-state index is 0.00355. The molecule has 0 aliphatic carbocycles. The molecule has 8 heteroatoms. The molecule has 1 saturated heterocycles. The molecule has 0 amide bonds. The van der Waals surface area contributed by atoms with Crippen LogP contribution in [0.15, 0.2) is 54.6 Å². The molecule has 4 N–H and O–H groups in total. The minimum Gasteiger partial charge on any atom is -0.394 e. The van der Waals surface area contributed by atoms with E-state index in [1.807, 2.05) is 31.2 Å². The Kier molecular flexibility index (Phi) is 7.23.